The normalized spacial score (nSPS) is 10.2. The largest absolute Gasteiger partial charge is 0.482 e. The van der Waals surface area contributed by atoms with Gasteiger partial charge >= 0.3 is 5.97 Å². The standard InChI is InChI=1S/C20H23NO4/c1-3-15-8-7-10-17(12-15)21-19(22)13-25-20(23)14-24-18-11-6-5-9-16(18)4-2/h5-12H,3-4,13-14H2,1-2H3,(H,21,22). The Kier molecular flexibility index (Phi) is 7.01. The predicted octanol–water partition coefficient (Wildman–Crippen LogP) is 3.37. The Bertz CT molecular complexity index is 727. The number of nitrogens with one attached hydrogen (secondary N) is 1. The number of anilines is 1. The summed E-state index contributed by atoms with van der Waals surface area (Å²) in [6.45, 7) is 3.49. The van der Waals surface area contributed by atoms with Crippen LogP contribution in [-0.4, -0.2) is 25.1 Å². The molecule has 0 atom stereocenters. The third-order valence-electron chi connectivity index (χ3n) is 3.68. The van der Waals surface area contributed by atoms with Gasteiger partial charge in [0.15, 0.2) is 13.2 Å². The molecule has 2 aromatic rings. The SMILES string of the molecule is CCc1cccc(NC(=O)COC(=O)COc2ccccc2CC)c1. The van der Waals surface area contributed by atoms with Crippen LogP contribution in [0.3, 0.4) is 0 Å². The Morgan fingerprint density at radius 1 is 0.960 bits per heavy atom. The first kappa shape index (κ1) is 18.5. The Morgan fingerprint density at radius 2 is 1.76 bits per heavy atom. The van der Waals surface area contributed by atoms with Gasteiger partial charge in [-0.25, -0.2) is 4.79 Å². The van der Waals surface area contributed by atoms with Crippen LogP contribution in [0, 0.1) is 0 Å². The molecule has 132 valence electrons. The molecule has 0 aromatic heterocycles. The van der Waals surface area contributed by atoms with Gasteiger partial charge in [-0.15, -0.1) is 0 Å². The van der Waals surface area contributed by atoms with Crippen LogP contribution >= 0.6 is 0 Å². The average Bonchev–Trinajstić information content (AvgIpc) is 2.65. The lowest BCUT2D eigenvalue weighted by Gasteiger charge is -2.10. The van der Waals surface area contributed by atoms with Crippen molar-refractivity contribution in [3.63, 3.8) is 0 Å². The number of benzene rings is 2. The highest BCUT2D eigenvalue weighted by molar-refractivity contribution is 5.92. The van der Waals surface area contributed by atoms with E-state index < -0.39 is 5.97 Å². The lowest BCUT2D eigenvalue weighted by atomic mass is 10.1. The molecule has 1 amide bonds. The number of amides is 1. The van der Waals surface area contributed by atoms with E-state index in [-0.39, 0.29) is 19.1 Å². The van der Waals surface area contributed by atoms with Gasteiger partial charge in [-0.05, 0) is 42.2 Å². The molecule has 0 fully saturated rings. The second kappa shape index (κ2) is 9.47. The Morgan fingerprint density at radius 3 is 2.52 bits per heavy atom. The van der Waals surface area contributed by atoms with Crippen molar-refractivity contribution in [2.24, 2.45) is 0 Å². The molecular formula is C20H23NO4. The topological polar surface area (TPSA) is 64.6 Å². The number of esters is 1. The van der Waals surface area contributed by atoms with Gasteiger partial charge in [0.1, 0.15) is 5.75 Å². The summed E-state index contributed by atoms with van der Waals surface area (Å²) in [5, 5.41) is 2.71. The minimum Gasteiger partial charge on any atom is -0.482 e. The van der Waals surface area contributed by atoms with E-state index in [1.54, 1.807) is 12.1 Å². The van der Waals surface area contributed by atoms with Gasteiger partial charge in [0.2, 0.25) is 0 Å². The predicted molar refractivity (Wildman–Crippen MR) is 96.7 cm³/mol. The van der Waals surface area contributed by atoms with Crippen LogP contribution in [0.4, 0.5) is 5.69 Å². The number of carbonyl (C=O) groups is 2. The summed E-state index contributed by atoms with van der Waals surface area (Å²) in [4.78, 5) is 23.6. The van der Waals surface area contributed by atoms with Crippen molar-refractivity contribution >= 4 is 17.6 Å². The quantitative estimate of drug-likeness (QED) is 0.748. The molecule has 0 unspecified atom stereocenters. The molecule has 2 aromatic carbocycles. The van der Waals surface area contributed by atoms with E-state index in [4.69, 9.17) is 9.47 Å². The molecule has 0 aliphatic carbocycles. The number of rotatable bonds is 8. The summed E-state index contributed by atoms with van der Waals surface area (Å²) < 4.78 is 10.4. The van der Waals surface area contributed by atoms with Crippen LogP contribution in [0.25, 0.3) is 0 Å². The Balaban J connectivity index is 1.76. The van der Waals surface area contributed by atoms with Gasteiger partial charge in [0, 0.05) is 5.69 Å². The third kappa shape index (κ3) is 5.95. The van der Waals surface area contributed by atoms with E-state index in [0.29, 0.717) is 11.4 Å². The van der Waals surface area contributed by atoms with E-state index in [1.165, 1.54) is 0 Å². The fourth-order valence-electron chi connectivity index (χ4n) is 2.33. The van der Waals surface area contributed by atoms with Crippen molar-refractivity contribution in [1.29, 1.82) is 0 Å². The molecule has 0 saturated carbocycles. The Labute approximate surface area is 148 Å². The first-order valence-corrected chi connectivity index (χ1v) is 8.37. The molecule has 25 heavy (non-hydrogen) atoms. The number of carbonyl (C=O) groups excluding carboxylic acids is 2. The molecule has 5 heteroatoms. The van der Waals surface area contributed by atoms with Gasteiger partial charge in [0.25, 0.3) is 5.91 Å². The van der Waals surface area contributed by atoms with E-state index in [1.807, 2.05) is 50.2 Å². The summed E-state index contributed by atoms with van der Waals surface area (Å²) in [6, 6.07) is 15.1. The van der Waals surface area contributed by atoms with E-state index in [9.17, 15) is 9.59 Å². The van der Waals surface area contributed by atoms with Crippen molar-refractivity contribution in [2.45, 2.75) is 26.7 Å². The maximum Gasteiger partial charge on any atom is 0.344 e. The highest BCUT2D eigenvalue weighted by atomic mass is 16.6. The summed E-state index contributed by atoms with van der Waals surface area (Å²) in [7, 11) is 0. The van der Waals surface area contributed by atoms with Crippen LogP contribution in [-0.2, 0) is 27.2 Å². The average molecular weight is 341 g/mol. The molecule has 0 aliphatic heterocycles. The third-order valence-corrected chi connectivity index (χ3v) is 3.68. The fourth-order valence-corrected chi connectivity index (χ4v) is 2.33. The van der Waals surface area contributed by atoms with Crippen molar-refractivity contribution in [1.82, 2.24) is 0 Å². The van der Waals surface area contributed by atoms with E-state index in [2.05, 4.69) is 5.32 Å². The minimum atomic E-state index is -0.580. The van der Waals surface area contributed by atoms with Gasteiger partial charge in [-0.2, -0.15) is 0 Å². The molecule has 0 radical (unpaired) electrons. The number of ether oxygens (including phenoxy) is 2. The van der Waals surface area contributed by atoms with Crippen LogP contribution in [0.5, 0.6) is 5.75 Å². The zero-order valence-electron chi connectivity index (χ0n) is 14.6. The molecule has 5 nitrogen and oxygen atoms in total. The lowest BCUT2D eigenvalue weighted by molar-refractivity contribution is -0.149. The van der Waals surface area contributed by atoms with Crippen LogP contribution < -0.4 is 10.1 Å². The molecule has 0 bridgehead atoms. The second-order valence-corrected chi connectivity index (χ2v) is 5.51. The monoisotopic (exact) mass is 341 g/mol. The first-order valence-electron chi connectivity index (χ1n) is 8.37. The molecule has 0 heterocycles. The number of hydrogen-bond donors (Lipinski definition) is 1. The van der Waals surface area contributed by atoms with Gasteiger partial charge in [0.05, 0.1) is 0 Å². The lowest BCUT2D eigenvalue weighted by Crippen LogP contribution is -2.23. The smallest absolute Gasteiger partial charge is 0.344 e. The van der Waals surface area contributed by atoms with E-state index >= 15 is 0 Å². The van der Waals surface area contributed by atoms with E-state index in [0.717, 1.165) is 24.0 Å². The molecular weight excluding hydrogens is 318 g/mol. The van der Waals surface area contributed by atoms with Gasteiger partial charge < -0.3 is 14.8 Å². The highest BCUT2D eigenvalue weighted by Crippen LogP contribution is 2.18. The summed E-state index contributed by atoms with van der Waals surface area (Å²) >= 11 is 0. The maximum atomic E-state index is 11.9. The highest BCUT2D eigenvalue weighted by Gasteiger charge is 2.10. The van der Waals surface area contributed by atoms with Crippen LogP contribution in [0.15, 0.2) is 48.5 Å². The molecule has 0 saturated heterocycles. The van der Waals surface area contributed by atoms with Crippen LogP contribution in [0.2, 0.25) is 0 Å². The number of hydrogen-bond acceptors (Lipinski definition) is 4. The first-order chi connectivity index (χ1) is 12.1. The zero-order valence-corrected chi connectivity index (χ0v) is 14.6. The number of aryl methyl sites for hydroxylation is 2. The Hall–Kier alpha value is -2.82. The van der Waals surface area contributed by atoms with Crippen molar-refractivity contribution < 1.29 is 19.1 Å². The van der Waals surface area contributed by atoms with Crippen molar-refractivity contribution in [3.8, 4) is 5.75 Å². The molecule has 0 aliphatic rings. The van der Waals surface area contributed by atoms with Crippen LogP contribution in [0.1, 0.15) is 25.0 Å². The summed E-state index contributed by atoms with van der Waals surface area (Å²) in [5.74, 6) is -0.304. The maximum absolute atomic E-state index is 11.9. The zero-order chi connectivity index (χ0) is 18.1. The summed E-state index contributed by atoms with van der Waals surface area (Å²) in [6.07, 6.45) is 1.69. The second-order valence-electron chi connectivity index (χ2n) is 5.51. The van der Waals surface area contributed by atoms with Crippen molar-refractivity contribution in [2.75, 3.05) is 18.5 Å². The fraction of sp³-hybridized carbons (Fsp3) is 0.300. The van der Waals surface area contributed by atoms with Gasteiger partial charge in [-0.1, -0.05) is 44.2 Å². The van der Waals surface area contributed by atoms with Crippen molar-refractivity contribution in [3.05, 3.63) is 59.7 Å². The van der Waals surface area contributed by atoms with Gasteiger partial charge in [-0.3, -0.25) is 4.79 Å². The molecule has 1 N–H and O–H groups in total. The number of para-hydroxylation sites is 1. The summed E-state index contributed by atoms with van der Waals surface area (Å²) in [5.41, 5.74) is 2.83. The molecule has 0 spiro atoms. The molecule has 2 rings (SSSR count). The minimum absolute atomic E-state index is 0.227.